The summed E-state index contributed by atoms with van der Waals surface area (Å²) in [5, 5.41) is 13.2. The fourth-order valence-corrected chi connectivity index (χ4v) is 4.94. The molecule has 5 rings (SSSR count). The quantitative estimate of drug-likeness (QED) is 0.139. The monoisotopic (exact) mass is 607 g/mol. The van der Waals surface area contributed by atoms with Gasteiger partial charge in [-0.05, 0) is 31.9 Å². The number of phosphoric acid groups is 1. The minimum absolute atomic E-state index is 0. The number of aromatic nitrogens is 6. The van der Waals surface area contributed by atoms with Crippen LogP contribution in [0.1, 0.15) is 36.3 Å². The Morgan fingerprint density at radius 3 is 2.75 bits per heavy atom. The van der Waals surface area contributed by atoms with Crippen molar-refractivity contribution in [3.05, 3.63) is 53.8 Å². The second-order valence-electron chi connectivity index (χ2n) is 8.37. The molecule has 0 atom stereocenters. The van der Waals surface area contributed by atoms with Crippen LogP contribution in [0.15, 0.2) is 42.3 Å². The second kappa shape index (κ2) is 14.2. The Balaban J connectivity index is 0.00000220. The maximum Gasteiger partial charge on any atom is 1.00 e. The normalized spacial score (nSPS) is 16.5. The molecule has 4 heterocycles. The van der Waals surface area contributed by atoms with Crippen molar-refractivity contribution in [1.82, 2.24) is 29.5 Å². The van der Waals surface area contributed by atoms with Gasteiger partial charge in [0, 0.05) is 36.1 Å². The van der Waals surface area contributed by atoms with Crippen LogP contribution in [0, 0.1) is 5.82 Å². The van der Waals surface area contributed by atoms with Crippen molar-refractivity contribution in [2.75, 3.05) is 11.9 Å². The van der Waals surface area contributed by atoms with Crippen LogP contribution in [0.3, 0.4) is 0 Å². The first-order valence-corrected chi connectivity index (χ1v) is 13.8. The van der Waals surface area contributed by atoms with Gasteiger partial charge in [-0.15, -0.1) is 11.3 Å². The summed E-state index contributed by atoms with van der Waals surface area (Å²) in [6.07, 6.45) is 7.56. The van der Waals surface area contributed by atoms with Crippen molar-refractivity contribution in [3.8, 4) is 22.0 Å². The van der Waals surface area contributed by atoms with E-state index in [1.54, 1.807) is 10.9 Å². The van der Waals surface area contributed by atoms with Crippen molar-refractivity contribution in [3.63, 3.8) is 0 Å². The molecule has 13 nitrogen and oxygen atoms in total. The molecule has 0 aromatic carbocycles. The van der Waals surface area contributed by atoms with Crippen LogP contribution in [0.2, 0.25) is 0 Å². The van der Waals surface area contributed by atoms with E-state index in [1.165, 1.54) is 36.1 Å². The summed E-state index contributed by atoms with van der Waals surface area (Å²) in [5.74, 6) is -1.11. The molecule has 1 aliphatic rings. The number of hydrogen-bond donors (Lipinski definition) is 1. The molecule has 0 bridgehead atoms. The standard InChI is InChI=1S/C22H23FN7O6PS.2Na/c1-2-35-15-6-14(7-15)30-10-17(20(28-30)19-16(23)4-3-5-24-19)26-21(31)18-11-38-22(27-18)13-8-25-29(9-13)12-36-37(32,33)34;;/h3-5,8-11,14-15H,2,6-7,12H2,1H3,(H,26,31)(H2,32,33,34);;/q;2*+1/p-2/t14-,15+;;. The number of phosphoric ester groups is 1. The minimum atomic E-state index is -5.14. The van der Waals surface area contributed by atoms with Gasteiger partial charge in [-0.2, -0.15) is 10.2 Å². The van der Waals surface area contributed by atoms with E-state index >= 15 is 0 Å². The van der Waals surface area contributed by atoms with Crippen LogP contribution < -0.4 is 74.2 Å². The van der Waals surface area contributed by atoms with E-state index in [1.807, 2.05) is 6.92 Å². The number of nitrogens with zero attached hydrogens (tertiary/aromatic N) is 6. The van der Waals surface area contributed by atoms with Gasteiger partial charge in [-0.25, -0.2) is 14.1 Å². The number of ether oxygens (including phenoxy) is 1. The van der Waals surface area contributed by atoms with Gasteiger partial charge in [0.2, 0.25) is 0 Å². The van der Waals surface area contributed by atoms with Gasteiger partial charge in [0.15, 0.2) is 5.82 Å². The average molecular weight is 607 g/mol. The first-order chi connectivity index (χ1) is 18.2. The van der Waals surface area contributed by atoms with Crippen LogP contribution >= 0.6 is 19.2 Å². The van der Waals surface area contributed by atoms with Crippen LogP contribution in [0.4, 0.5) is 10.1 Å². The molecule has 4 aromatic heterocycles. The molecule has 4 aromatic rings. The Hall–Kier alpha value is -1.33. The molecule has 0 unspecified atom stereocenters. The molecule has 1 saturated carbocycles. The summed E-state index contributed by atoms with van der Waals surface area (Å²) < 4.78 is 37.9. The van der Waals surface area contributed by atoms with Crippen LogP contribution in [-0.4, -0.2) is 48.1 Å². The fraction of sp³-hybridized carbons (Fsp3) is 0.318. The molecule has 1 amide bonds. The topological polar surface area (TPSA) is 172 Å². The largest absolute Gasteiger partial charge is 1.00 e. The summed E-state index contributed by atoms with van der Waals surface area (Å²) in [7, 11) is -5.14. The Kier molecular flexibility index (Phi) is 11.8. The summed E-state index contributed by atoms with van der Waals surface area (Å²) >= 11 is 1.16. The van der Waals surface area contributed by atoms with E-state index in [4.69, 9.17) is 4.74 Å². The van der Waals surface area contributed by atoms with Gasteiger partial charge in [-0.3, -0.25) is 14.5 Å². The molecule has 0 radical (unpaired) electrons. The first-order valence-electron chi connectivity index (χ1n) is 11.5. The van der Waals surface area contributed by atoms with E-state index in [0.29, 0.717) is 17.2 Å². The van der Waals surface area contributed by atoms with Crippen molar-refractivity contribution in [1.29, 1.82) is 0 Å². The Bertz CT molecular complexity index is 1510. The number of anilines is 1. The number of carbonyl (C=O) groups excluding carboxylic acids is 1. The maximum atomic E-state index is 14.6. The van der Waals surface area contributed by atoms with Crippen molar-refractivity contribution in [2.24, 2.45) is 0 Å². The number of thiazole rings is 1. The van der Waals surface area contributed by atoms with Crippen LogP contribution in [0.25, 0.3) is 22.0 Å². The van der Waals surface area contributed by atoms with Gasteiger partial charge in [0.1, 0.15) is 28.8 Å². The smallest absolute Gasteiger partial charge is 0.790 e. The second-order valence-corrected chi connectivity index (χ2v) is 10.4. The first kappa shape index (κ1) is 33.2. The molecule has 1 fully saturated rings. The molecule has 200 valence electrons. The Morgan fingerprint density at radius 1 is 1.27 bits per heavy atom. The molecule has 40 heavy (non-hydrogen) atoms. The molecular weight excluding hydrogens is 586 g/mol. The number of hydrogen-bond acceptors (Lipinski definition) is 11. The number of carbonyl (C=O) groups is 1. The number of nitrogens with one attached hydrogen (secondary N) is 1. The predicted octanol–water partition coefficient (Wildman–Crippen LogP) is -3.79. The molecular formula is C22H21FN7Na2O6PS. The van der Waals surface area contributed by atoms with Gasteiger partial charge < -0.3 is 28.9 Å². The minimum Gasteiger partial charge on any atom is -0.790 e. The molecule has 0 aliphatic heterocycles. The third kappa shape index (κ3) is 7.94. The number of amides is 1. The summed E-state index contributed by atoms with van der Waals surface area (Å²) in [6.45, 7) is 1.98. The third-order valence-corrected chi connectivity index (χ3v) is 7.10. The van der Waals surface area contributed by atoms with Gasteiger partial charge >= 0.3 is 59.1 Å². The number of pyridine rings is 1. The molecule has 18 heteroatoms. The van der Waals surface area contributed by atoms with Crippen LogP contribution in [0.5, 0.6) is 0 Å². The maximum absolute atomic E-state index is 14.6. The summed E-state index contributed by atoms with van der Waals surface area (Å²) in [5.41, 5.74) is 1.07. The van der Waals surface area contributed by atoms with E-state index in [0.717, 1.165) is 28.9 Å². The number of halogens is 1. The van der Waals surface area contributed by atoms with Crippen molar-refractivity contribution >= 4 is 30.8 Å². The molecule has 0 saturated heterocycles. The van der Waals surface area contributed by atoms with Crippen molar-refractivity contribution < 1.29 is 91.9 Å². The zero-order valence-electron chi connectivity index (χ0n) is 21.9. The molecule has 1 N–H and O–H groups in total. The SMILES string of the molecule is CCO[C@H]1C[C@@H](n2cc(NC(=O)c3csc(-c4cnn(COP(=O)([O-])[O-])c4)n3)c(-c3ncccc3F)n2)C1.[Na+].[Na+]. The fourth-order valence-electron chi connectivity index (χ4n) is 3.90. The third-order valence-electron chi connectivity index (χ3n) is 5.77. The Morgan fingerprint density at radius 2 is 2.05 bits per heavy atom. The van der Waals surface area contributed by atoms with E-state index < -0.39 is 26.3 Å². The van der Waals surface area contributed by atoms with E-state index in [9.17, 15) is 23.5 Å². The summed E-state index contributed by atoms with van der Waals surface area (Å²) in [4.78, 5) is 42.8. The van der Waals surface area contributed by atoms with E-state index in [2.05, 4.69) is 30.0 Å². The van der Waals surface area contributed by atoms with Gasteiger partial charge in [0.05, 0.1) is 31.9 Å². The molecule has 1 aliphatic carbocycles. The van der Waals surface area contributed by atoms with Gasteiger partial charge in [-0.1, -0.05) is 0 Å². The number of rotatable bonds is 10. The van der Waals surface area contributed by atoms with Gasteiger partial charge in [0.25, 0.3) is 5.91 Å². The van der Waals surface area contributed by atoms with Crippen LogP contribution in [-0.2, 0) is 20.6 Å². The predicted molar refractivity (Wildman–Crippen MR) is 129 cm³/mol. The zero-order chi connectivity index (χ0) is 26.9. The summed E-state index contributed by atoms with van der Waals surface area (Å²) in [6, 6.07) is 2.79. The van der Waals surface area contributed by atoms with E-state index in [-0.39, 0.29) is 94.0 Å². The van der Waals surface area contributed by atoms with Crippen molar-refractivity contribution in [2.45, 2.75) is 38.6 Å². The molecule has 0 spiro atoms. The average Bonchev–Trinajstić information content (AvgIpc) is 3.59. The zero-order valence-corrected chi connectivity index (χ0v) is 27.6. The Labute approximate surface area is 276 Å².